The Bertz CT molecular complexity index is 917. The summed E-state index contributed by atoms with van der Waals surface area (Å²) in [5.74, 6) is 1.26. The molecule has 0 saturated heterocycles. The van der Waals surface area contributed by atoms with E-state index in [1.165, 1.54) is 25.6 Å². The fourth-order valence-corrected chi connectivity index (χ4v) is 2.30. The van der Waals surface area contributed by atoms with E-state index in [9.17, 15) is 5.11 Å². The van der Waals surface area contributed by atoms with Crippen LogP contribution in [-0.4, -0.2) is 32.4 Å². The molecule has 0 saturated carbocycles. The van der Waals surface area contributed by atoms with Crippen molar-refractivity contribution >= 4 is 23.2 Å². The first-order chi connectivity index (χ1) is 11.6. The average molecular weight is 343 g/mol. The number of halogens is 1. The highest BCUT2D eigenvalue weighted by molar-refractivity contribution is 6.31. The Balaban J connectivity index is 1.89. The number of rotatable bonds is 4. The molecule has 24 heavy (non-hydrogen) atoms. The fraction of sp³-hybridized carbons (Fsp3) is 0.0667. The summed E-state index contributed by atoms with van der Waals surface area (Å²) in [6.45, 7) is 0. The minimum Gasteiger partial charge on any atom is -0.507 e. The SMILES string of the molecule is COc1cc(Cl)cc(O)c1-c1cc(Nc2cnc(C#N)cn2)n[nH]1. The maximum Gasteiger partial charge on any atom is 0.158 e. The second-order valence-electron chi connectivity index (χ2n) is 4.69. The molecule has 2 heterocycles. The fourth-order valence-electron chi connectivity index (χ4n) is 2.10. The van der Waals surface area contributed by atoms with Gasteiger partial charge in [-0.15, -0.1) is 0 Å². The molecule has 0 aliphatic rings. The summed E-state index contributed by atoms with van der Waals surface area (Å²) in [4.78, 5) is 7.96. The zero-order chi connectivity index (χ0) is 17.1. The van der Waals surface area contributed by atoms with Gasteiger partial charge in [-0.25, -0.2) is 9.97 Å². The summed E-state index contributed by atoms with van der Waals surface area (Å²) in [5, 5.41) is 29.0. The van der Waals surface area contributed by atoms with Crippen LogP contribution < -0.4 is 10.1 Å². The molecule has 0 bridgehead atoms. The lowest BCUT2D eigenvalue weighted by Crippen LogP contribution is -1.95. The Morgan fingerprint density at radius 3 is 2.75 bits per heavy atom. The molecule has 0 atom stereocenters. The van der Waals surface area contributed by atoms with Gasteiger partial charge in [0.2, 0.25) is 0 Å². The molecular formula is C15H11ClN6O2. The van der Waals surface area contributed by atoms with Crippen molar-refractivity contribution < 1.29 is 9.84 Å². The van der Waals surface area contributed by atoms with Crippen LogP contribution in [0.2, 0.25) is 5.02 Å². The molecule has 0 unspecified atom stereocenters. The van der Waals surface area contributed by atoms with Crippen LogP contribution >= 0.6 is 11.6 Å². The number of H-pyrrole nitrogens is 1. The van der Waals surface area contributed by atoms with Gasteiger partial charge in [0.05, 0.1) is 30.8 Å². The van der Waals surface area contributed by atoms with Crippen LogP contribution in [0, 0.1) is 11.3 Å². The van der Waals surface area contributed by atoms with E-state index in [4.69, 9.17) is 21.6 Å². The number of nitriles is 1. The molecule has 1 aromatic carbocycles. The molecule has 3 aromatic rings. The molecule has 0 radical (unpaired) electrons. The number of hydrogen-bond acceptors (Lipinski definition) is 7. The topological polar surface area (TPSA) is 120 Å². The van der Waals surface area contributed by atoms with E-state index in [2.05, 4.69) is 25.5 Å². The molecule has 120 valence electrons. The van der Waals surface area contributed by atoms with Gasteiger partial charge in [-0.1, -0.05) is 11.6 Å². The van der Waals surface area contributed by atoms with Gasteiger partial charge in [0.25, 0.3) is 0 Å². The number of anilines is 2. The van der Waals surface area contributed by atoms with Crippen molar-refractivity contribution in [3.05, 3.63) is 41.3 Å². The van der Waals surface area contributed by atoms with Crippen molar-refractivity contribution in [1.29, 1.82) is 5.26 Å². The predicted molar refractivity (Wildman–Crippen MR) is 87.3 cm³/mol. The number of aromatic hydroxyl groups is 1. The highest BCUT2D eigenvalue weighted by atomic mass is 35.5. The maximum atomic E-state index is 10.1. The Hall–Kier alpha value is -3.31. The molecule has 0 spiro atoms. The minimum absolute atomic E-state index is 0.0345. The average Bonchev–Trinajstić information content (AvgIpc) is 3.02. The highest BCUT2D eigenvalue weighted by Crippen LogP contribution is 2.40. The number of hydrogen-bond donors (Lipinski definition) is 3. The van der Waals surface area contributed by atoms with E-state index in [0.29, 0.717) is 33.7 Å². The van der Waals surface area contributed by atoms with E-state index >= 15 is 0 Å². The van der Waals surface area contributed by atoms with E-state index in [-0.39, 0.29) is 11.4 Å². The first kappa shape index (κ1) is 15.6. The van der Waals surface area contributed by atoms with Gasteiger partial charge >= 0.3 is 0 Å². The quantitative estimate of drug-likeness (QED) is 0.666. The molecule has 0 aliphatic heterocycles. The van der Waals surface area contributed by atoms with Gasteiger partial charge in [-0.3, -0.25) is 5.10 Å². The zero-order valence-corrected chi connectivity index (χ0v) is 13.2. The Labute approximate surface area is 141 Å². The van der Waals surface area contributed by atoms with Crippen molar-refractivity contribution in [2.75, 3.05) is 12.4 Å². The number of aromatic amines is 1. The molecule has 9 heteroatoms. The standard InChI is InChI=1S/C15H11ClN6O2/c1-24-12-3-8(16)2-11(23)15(12)10-4-13(22-21-10)20-14-7-18-9(5-17)6-19-14/h2-4,6-7,23H,1H3,(H2,19,20,21,22). The Morgan fingerprint density at radius 1 is 1.25 bits per heavy atom. The lowest BCUT2D eigenvalue weighted by molar-refractivity contribution is 0.410. The number of aromatic nitrogens is 4. The van der Waals surface area contributed by atoms with Crippen molar-refractivity contribution in [3.63, 3.8) is 0 Å². The molecule has 0 fully saturated rings. The summed E-state index contributed by atoms with van der Waals surface area (Å²) in [6.07, 6.45) is 2.78. The molecular weight excluding hydrogens is 332 g/mol. The number of phenols is 1. The van der Waals surface area contributed by atoms with Gasteiger partial charge in [0.15, 0.2) is 11.5 Å². The third kappa shape index (κ3) is 3.06. The van der Waals surface area contributed by atoms with E-state index < -0.39 is 0 Å². The zero-order valence-electron chi connectivity index (χ0n) is 12.4. The summed E-state index contributed by atoms with van der Waals surface area (Å²) in [7, 11) is 1.48. The molecule has 2 aromatic heterocycles. The van der Waals surface area contributed by atoms with Crippen LogP contribution in [0.25, 0.3) is 11.3 Å². The Kier molecular flexibility index (Phi) is 4.18. The van der Waals surface area contributed by atoms with Crippen LogP contribution in [-0.2, 0) is 0 Å². The molecule has 3 rings (SSSR count). The third-order valence-corrected chi connectivity index (χ3v) is 3.35. The van der Waals surface area contributed by atoms with Crippen LogP contribution in [0.3, 0.4) is 0 Å². The van der Waals surface area contributed by atoms with Gasteiger partial charge in [-0.2, -0.15) is 10.4 Å². The summed E-state index contributed by atoms with van der Waals surface area (Å²) >= 11 is 5.91. The van der Waals surface area contributed by atoms with E-state index in [1.807, 2.05) is 6.07 Å². The largest absolute Gasteiger partial charge is 0.507 e. The lowest BCUT2D eigenvalue weighted by atomic mass is 10.1. The molecule has 0 aliphatic carbocycles. The first-order valence-electron chi connectivity index (χ1n) is 6.72. The first-order valence-corrected chi connectivity index (χ1v) is 7.10. The van der Waals surface area contributed by atoms with E-state index in [0.717, 1.165) is 0 Å². The smallest absolute Gasteiger partial charge is 0.158 e. The minimum atomic E-state index is -0.0345. The van der Waals surface area contributed by atoms with Gasteiger partial charge < -0.3 is 15.2 Å². The van der Waals surface area contributed by atoms with Gasteiger partial charge in [0, 0.05) is 11.1 Å². The predicted octanol–water partition coefficient (Wildman–Crippen LogP) is 2.85. The van der Waals surface area contributed by atoms with Crippen LogP contribution in [0.4, 0.5) is 11.6 Å². The van der Waals surface area contributed by atoms with E-state index in [1.54, 1.807) is 12.1 Å². The van der Waals surface area contributed by atoms with Crippen LogP contribution in [0.15, 0.2) is 30.6 Å². The molecule has 8 nitrogen and oxygen atoms in total. The number of benzene rings is 1. The third-order valence-electron chi connectivity index (χ3n) is 3.14. The maximum absolute atomic E-state index is 10.1. The summed E-state index contributed by atoms with van der Waals surface area (Å²) < 4.78 is 5.25. The van der Waals surface area contributed by atoms with Gasteiger partial charge in [-0.05, 0) is 12.1 Å². The number of nitrogens with zero attached hydrogens (tertiary/aromatic N) is 4. The number of ether oxygens (including phenoxy) is 1. The van der Waals surface area contributed by atoms with Crippen LogP contribution in [0.5, 0.6) is 11.5 Å². The normalized spacial score (nSPS) is 10.2. The highest BCUT2D eigenvalue weighted by Gasteiger charge is 2.15. The Morgan fingerprint density at radius 2 is 2.08 bits per heavy atom. The van der Waals surface area contributed by atoms with Gasteiger partial charge in [0.1, 0.15) is 23.4 Å². The van der Waals surface area contributed by atoms with Crippen molar-refractivity contribution in [1.82, 2.24) is 20.2 Å². The lowest BCUT2D eigenvalue weighted by Gasteiger charge is -2.09. The second-order valence-corrected chi connectivity index (χ2v) is 5.13. The molecule has 3 N–H and O–H groups in total. The molecule has 0 amide bonds. The van der Waals surface area contributed by atoms with Crippen LogP contribution in [0.1, 0.15) is 5.69 Å². The number of methoxy groups -OCH3 is 1. The number of phenolic OH excluding ortho intramolecular Hbond substituents is 1. The summed E-state index contributed by atoms with van der Waals surface area (Å²) in [6, 6.07) is 6.57. The van der Waals surface area contributed by atoms with Crippen molar-refractivity contribution in [3.8, 4) is 28.8 Å². The van der Waals surface area contributed by atoms with Crippen molar-refractivity contribution in [2.45, 2.75) is 0 Å². The number of nitrogens with one attached hydrogen (secondary N) is 2. The monoisotopic (exact) mass is 342 g/mol. The summed E-state index contributed by atoms with van der Waals surface area (Å²) in [5.41, 5.74) is 1.19. The van der Waals surface area contributed by atoms with Crippen molar-refractivity contribution in [2.24, 2.45) is 0 Å². The second kappa shape index (κ2) is 6.44.